The van der Waals surface area contributed by atoms with Crippen molar-refractivity contribution in [3.8, 4) is 0 Å². The van der Waals surface area contributed by atoms with Gasteiger partial charge in [-0.25, -0.2) is 4.39 Å². The number of rotatable bonds is 3. The van der Waals surface area contributed by atoms with Crippen LogP contribution in [-0.2, 0) is 19.1 Å². The van der Waals surface area contributed by atoms with E-state index >= 15 is 0 Å². The van der Waals surface area contributed by atoms with Gasteiger partial charge >= 0.3 is 0 Å². The molecule has 1 aromatic carbocycles. The third kappa shape index (κ3) is 4.12. The van der Waals surface area contributed by atoms with Gasteiger partial charge in [0, 0.05) is 45.1 Å². The Bertz CT molecular complexity index is 788. The highest BCUT2D eigenvalue weighted by molar-refractivity contribution is 6.00. The minimum absolute atomic E-state index is 0.0581. The lowest BCUT2D eigenvalue weighted by molar-refractivity contribution is -0.144. The third-order valence-corrected chi connectivity index (χ3v) is 6.10. The van der Waals surface area contributed by atoms with Gasteiger partial charge in [0.1, 0.15) is 5.82 Å². The van der Waals surface area contributed by atoms with Gasteiger partial charge in [0.15, 0.2) is 0 Å². The van der Waals surface area contributed by atoms with E-state index in [2.05, 4.69) is 0 Å². The van der Waals surface area contributed by atoms with Gasteiger partial charge in [-0.1, -0.05) is 12.1 Å². The van der Waals surface area contributed by atoms with Crippen molar-refractivity contribution < 1.29 is 23.5 Å². The lowest BCUT2D eigenvalue weighted by Gasteiger charge is -2.36. The van der Waals surface area contributed by atoms with Crippen LogP contribution in [0.5, 0.6) is 0 Å². The Morgan fingerprint density at radius 3 is 2.24 bits per heavy atom. The van der Waals surface area contributed by atoms with E-state index in [1.54, 1.807) is 23.1 Å². The Balaban J connectivity index is 1.32. The molecule has 0 saturated carbocycles. The summed E-state index contributed by atoms with van der Waals surface area (Å²) in [6.45, 7) is 3.66. The first kappa shape index (κ1) is 19.8. The molecule has 1 atom stereocenters. The molecule has 156 valence electrons. The molecule has 0 radical (unpaired) electrons. The van der Waals surface area contributed by atoms with E-state index < -0.39 is 11.7 Å². The number of nitrogens with zero attached hydrogens (tertiary/aromatic N) is 3. The lowest BCUT2D eigenvalue weighted by Crippen LogP contribution is -2.48. The molecule has 3 heterocycles. The summed E-state index contributed by atoms with van der Waals surface area (Å²) < 4.78 is 19.3. The zero-order valence-corrected chi connectivity index (χ0v) is 16.4. The number of ether oxygens (including phenoxy) is 1. The summed E-state index contributed by atoms with van der Waals surface area (Å²) in [4.78, 5) is 42.9. The van der Waals surface area contributed by atoms with Crippen molar-refractivity contribution in [2.24, 2.45) is 11.8 Å². The summed E-state index contributed by atoms with van der Waals surface area (Å²) in [5.41, 5.74) is 0.225. The second kappa shape index (κ2) is 8.49. The predicted molar refractivity (Wildman–Crippen MR) is 104 cm³/mol. The number of likely N-dealkylation sites (tertiary alicyclic amines) is 1. The minimum Gasteiger partial charge on any atom is -0.378 e. The van der Waals surface area contributed by atoms with E-state index in [4.69, 9.17) is 4.74 Å². The van der Waals surface area contributed by atoms with E-state index in [0.29, 0.717) is 52.2 Å². The summed E-state index contributed by atoms with van der Waals surface area (Å²) in [6, 6.07) is 6.12. The standard InChI is InChI=1S/C21H26FN3O4/c22-17-3-1-2-4-18(17)25-14-16(13-19(25)26)21(28)23-7-5-15(6-8-23)20(27)24-9-11-29-12-10-24/h1-4,15-16H,5-14H2. The van der Waals surface area contributed by atoms with Crippen LogP contribution in [0.1, 0.15) is 19.3 Å². The molecule has 1 aromatic rings. The van der Waals surface area contributed by atoms with Crippen LogP contribution >= 0.6 is 0 Å². The number of para-hydroxylation sites is 1. The molecule has 0 spiro atoms. The Kier molecular flexibility index (Phi) is 5.80. The van der Waals surface area contributed by atoms with Gasteiger partial charge in [0.2, 0.25) is 17.7 Å². The summed E-state index contributed by atoms with van der Waals surface area (Å²) in [7, 11) is 0. The number of anilines is 1. The molecular weight excluding hydrogens is 377 g/mol. The van der Waals surface area contributed by atoms with Crippen molar-refractivity contribution in [1.82, 2.24) is 9.80 Å². The molecule has 3 aliphatic heterocycles. The highest BCUT2D eigenvalue weighted by Crippen LogP contribution is 2.29. The zero-order valence-electron chi connectivity index (χ0n) is 16.4. The van der Waals surface area contributed by atoms with Gasteiger partial charge in [-0.15, -0.1) is 0 Å². The van der Waals surface area contributed by atoms with Crippen LogP contribution in [-0.4, -0.2) is 73.5 Å². The van der Waals surface area contributed by atoms with Crippen molar-refractivity contribution in [1.29, 1.82) is 0 Å². The number of carbonyl (C=O) groups is 3. The number of amides is 3. The molecule has 4 rings (SSSR count). The Labute approximate surface area is 169 Å². The number of morpholine rings is 1. The van der Waals surface area contributed by atoms with E-state index in [1.165, 1.54) is 11.0 Å². The molecule has 3 aliphatic rings. The Hall–Kier alpha value is -2.48. The van der Waals surface area contributed by atoms with Crippen LogP contribution in [0.2, 0.25) is 0 Å². The topological polar surface area (TPSA) is 70.2 Å². The monoisotopic (exact) mass is 403 g/mol. The molecule has 29 heavy (non-hydrogen) atoms. The molecule has 7 nitrogen and oxygen atoms in total. The fraction of sp³-hybridized carbons (Fsp3) is 0.571. The van der Waals surface area contributed by atoms with Gasteiger partial charge in [-0.05, 0) is 25.0 Å². The van der Waals surface area contributed by atoms with Gasteiger partial charge in [0.25, 0.3) is 0 Å². The van der Waals surface area contributed by atoms with E-state index in [-0.39, 0.29) is 42.3 Å². The Morgan fingerprint density at radius 2 is 1.55 bits per heavy atom. The molecule has 0 aromatic heterocycles. The van der Waals surface area contributed by atoms with Crippen LogP contribution < -0.4 is 4.90 Å². The molecule has 8 heteroatoms. The molecule has 1 unspecified atom stereocenters. The lowest BCUT2D eigenvalue weighted by atomic mass is 9.94. The van der Waals surface area contributed by atoms with Crippen LogP contribution in [0, 0.1) is 17.7 Å². The van der Waals surface area contributed by atoms with E-state index in [1.807, 2.05) is 4.90 Å². The van der Waals surface area contributed by atoms with Crippen molar-refractivity contribution in [3.05, 3.63) is 30.1 Å². The third-order valence-electron chi connectivity index (χ3n) is 6.10. The second-order valence-electron chi connectivity index (χ2n) is 7.89. The number of carbonyl (C=O) groups excluding carboxylic acids is 3. The molecule has 0 N–H and O–H groups in total. The number of halogens is 1. The van der Waals surface area contributed by atoms with Crippen LogP contribution in [0.25, 0.3) is 0 Å². The first-order valence-corrected chi connectivity index (χ1v) is 10.2. The minimum atomic E-state index is -0.464. The zero-order chi connectivity index (χ0) is 20.4. The van der Waals surface area contributed by atoms with Gasteiger partial charge < -0.3 is 19.4 Å². The maximum Gasteiger partial charge on any atom is 0.228 e. The quantitative estimate of drug-likeness (QED) is 0.762. The fourth-order valence-corrected chi connectivity index (χ4v) is 4.42. The Morgan fingerprint density at radius 1 is 0.931 bits per heavy atom. The molecule has 3 fully saturated rings. The molecular formula is C21H26FN3O4. The van der Waals surface area contributed by atoms with Crippen molar-refractivity contribution in [2.45, 2.75) is 19.3 Å². The first-order valence-electron chi connectivity index (χ1n) is 10.2. The summed E-state index contributed by atoms with van der Waals surface area (Å²) in [6.07, 6.45) is 1.37. The largest absolute Gasteiger partial charge is 0.378 e. The summed E-state index contributed by atoms with van der Waals surface area (Å²) >= 11 is 0. The average molecular weight is 403 g/mol. The van der Waals surface area contributed by atoms with Crippen molar-refractivity contribution >= 4 is 23.4 Å². The maximum atomic E-state index is 14.0. The SMILES string of the molecule is O=C(C1CCN(C(=O)C2CC(=O)N(c3ccccc3F)C2)CC1)N1CCOCC1. The molecule has 0 bridgehead atoms. The van der Waals surface area contributed by atoms with Crippen LogP contribution in [0.3, 0.4) is 0 Å². The number of benzene rings is 1. The predicted octanol–water partition coefficient (Wildman–Crippen LogP) is 1.28. The number of piperidine rings is 1. The van der Waals surface area contributed by atoms with Crippen molar-refractivity contribution in [2.75, 3.05) is 50.8 Å². The summed E-state index contributed by atoms with van der Waals surface area (Å²) in [5.74, 6) is -1.13. The first-order chi connectivity index (χ1) is 14.0. The molecule has 3 saturated heterocycles. The summed E-state index contributed by atoms with van der Waals surface area (Å²) in [5, 5.41) is 0. The van der Waals surface area contributed by atoms with E-state index in [9.17, 15) is 18.8 Å². The molecule has 3 amide bonds. The van der Waals surface area contributed by atoms with Gasteiger partial charge in [-0.3, -0.25) is 14.4 Å². The van der Waals surface area contributed by atoms with E-state index in [0.717, 1.165) is 0 Å². The average Bonchev–Trinajstić information content (AvgIpc) is 3.15. The van der Waals surface area contributed by atoms with Crippen molar-refractivity contribution in [3.63, 3.8) is 0 Å². The van der Waals surface area contributed by atoms with Gasteiger partial charge in [0.05, 0.1) is 24.8 Å². The maximum absolute atomic E-state index is 14.0. The fourth-order valence-electron chi connectivity index (χ4n) is 4.42. The molecule has 0 aliphatic carbocycles. The number of hydrogen-bond acceptors (Lipinski definition) is 4. The second-order valence-corrected chi connectivity index (χ2v) is 7.89. The normalized spacial score (nSPS) is 23.6. The highest BCUT2D eigenvalue weighted by Gasteiger charge is 2.39. The highest BCUT2D eigenvalue weighted by atomic mass is 19.1. The van der Waals surface area contributed by atoms with Gasteiger partial charge in [-0.2, -0.15) is 0 Å². The van der Waals surface area contributed by atoms with Crippen LogP contribution in [0.4, 0.5) is 10.1 Å². The van der Waals surface area contributed by atoms with Crippen LogP contribution in [0.15, 0.2) is 24.3 Å². The number of hydrogen-bond donors (Lipinski definition) is 0. The smallest absolute Gasteiger partial charge is 0.228 e.